The Labute approximate surface area is 124 Å². The Kier molecular flexibility index (Phi) is 3.39. The average molecular weight is 282 g/mol. The highest BCUT2D eigenvalue weighted by molar-refractivity contribution is 6.05. The van der Waals surface area contributed by atoms with Crippen LogP contribution >= 0.6 is 0 Å². The summed E-state index contributed by atoms with van der Waals surface area (Å²) in [5.74, 6) is 0.716. The van der Waals surface area contributed by atoms with E-state index in [1.165, 1.54) is 5.56 Å². The molecular formula is C17H18N2O2. The van der Waals surface area contributed by atoms with E-state index in [0.29, 0.717) is 0 Å². The van der Waals surface area contributed by atoms with E-state index in [4.69, 9.17) is 10.5 Å². The third-order valence-electron chi connectivity index (χ3n) is 3.91. The van der Waals surface area contributed by atoms with Crippen LogP contribution in [0.15, 0.2) is 48.5 Å². The number of amides is 1. The summed E-state index contributed by atoms with van der Waals surface area (Å²) in [4.78, 5) is 13.9. The average Bonchev–Trinajstić information content (AvgIpc) is 2.53. The molecule has 4 heteroatoms. The van der Waals surface area contributed by atoms with E-state index < -0.39 is 6.04 Å². The van der Waals surface area contributed by atoms with E-state index in [1.807, 2.05) is 55.5 Å². The van der Waals surface area contributed by atoms with E-state index in [2.05, 4.69) is 0 Å². The van der Waals surface area contributed by atoms with Gasteiger partial charge in [-0.25, -0.2) is 0 Å². The van der Waals surface area contributed by atoms with Crippen molar-refractivity contribution in [1.82, 2.24) is 0 Å². The van der Waals surface area contributed by atoms with Crippen molar-refractivity contribution < 1.29 is 9.53 Å². The molecule has 2 atom stereocenters. The lowest BCUT2D eigenvalue weighted by Gasteiger charge is -2.45. The number of β-lactam (4-membered cyclic amide) rings is 1. The molecule has 0 aromatic heterocycles. The van der Waals surface area contributed by atoms with Crippen molar-refractivity contribution >= 4 is 11.6 Å². The molecule has 0 spiro atoms. The van der Waals surface area contributed by atoms with Gasteiger partial charge in [-0.05, 0) is 36.8 Å². The fourth-order valence-electron chi connectivity index (χ4n) is 2.66. The molecule has 21 heavy (non-hydrogen) atoms. The summed E-state index contributed by atoms with van der Waals surface area (Å²) in [5, 5.41) is 0. The molecule has 2 aromatic carbocycles. The van der Waals surface area contributed by atoms with Crippen LogP contribution in [0.3, 0.4) is 0 Å². The van der Waals surface area contributed by atoms with Gasteiger partial charge in [0.1, 0.15) is 11.8 Å². The molecule has 1 fully saturated rings. The minimum Gasteiger partial charge on any atom is -0.497 e. The predicted molar refractivity (Wildman–Crippen MR) is 82.4 cm³/mol. The van der Waals surface area contributed by atoms with Gasteiger partial charge in [-0.1, -0.05) is 29.8 Å². The first-order valence-corrected chi connectivity index (χ1v) is 6.91. The molecular weight excluding hydrogens is 264 g/mol. The van der Waals surface area contributed by atoms with E-state index in [1.54, 1.807) is 12.0 Å². The maximum Gasteiger partial charge on any atom is 0.247 e. The van der Waals surface area contributed by atoms with Crippen LogP contribution in [-0.4, -0.2) is 19.1 Å². The first kappa shape index (κ1) is 13.6. The Morgan fingerprint density at radius 2 is 1.67 bits per heavy atom. The van der Waals surface area contributed by atoms with Crippen molar-refractivity contribution in [2.24, 2.45) is 5.73 Å². The molecule has 4 nitrogen and oxygen atoms in total. The molecule has 1 heterocycles. The number of nitrogens with two attached hydrogens (primary N) is 1. The fourth-order valence-corrected chi connectivity index (χ4v) is 2.66. The second kappa shape index (κ2) is 5.22. The van der Waals surface area contributed by atoms with Gasteiger partial charge in [0.2, 0.25) is 5.91 Å². The van der Waals surface area contributed by atoms with Gasteiger partial charge in [0.15, 0.2) is 0 Å². The van der Waals surface area contributed by atoms with Crippen LogP contribution in [0.1, 0.15) is 17.2 Å². The van der Waals surface area contributed by atoms with Gasteiger partial charge in [0, 0.05) is 5.69 Å². The third-order valence-corrected chi connectivity index (χ3v) is 3.91. The number of methoxy groups -OCH3 is 1. The number of benzene rings is 2. The zero-order chi connectivity index (χ0) is 15.0. The van der Waals surface area contributed by atoms with Crippen LogP contribution in [-0.2, 0) is 4.79 Å². The Balaban J connectivity index is 1.92. The van der Waals surface area contributed by atoms with Gasteiger partial charge in [0.25, 0.3) is 0 Å². The van der Waals surface area contributed by atoms with E-state index >= 15 is 0 Å². The normalized spacial score (nSPS) is 21.1. The smallest absolute Gasteiger partial charge is 0.247 e. The summed E-state index contributed by atoms with van der Waals surface area (Å²) in [5.41, 5.74) is 9.09. The number of nitrogens with zero attached hydrogens (tertiary/aromatic N) is 1. The highest BCUT2D eigenvalue weighted by atomic mass is 16.5. The molecule has 0 bridgehead atoms. The second-order valence-electron chi connectivity index (χ2n) is 5.29. The quantitative estimate of drug-likeness (QED) is 0.880. The highest BCUT2D eigenvalue weighted by Crippen LogP contribution is 2.38. The van der Waals surface area contributed by atoms with E-state index in [9.17, 15) is 4.79 Å². The number of ether oxygens (including phenoxy) is 1. The van der Waals surface area contributed by atoms with Crippen molar-refractivity contribution in [3.05, 3.63) is 59.7 Å². The third kappa shape index (κ3) is 2.28. The molecule has 2 N–H and O–H groups in total. The van der Waals surface area contributed by atoms with Crippen molar-refractivity contribution in [1.29, 1.82) is 0 Å². The molecule has 2 aromatic rings. The molecule has 3 rings (SSSR count). The Bertz CT molecular complexity index is 649. The standard InChI is InChI=1S/C17H18N2O2/c1-11-3-5-12(6-4-11)16-15(18)17(20)19(16)13-7-9-14(21-2)10-8-13/h3-10,15-16H,18H2,1-2H3/t15-,16-/m0/s1. The first-order valence-electron chi connectivity index (χ1n) is 6.91. The number of carbonyl (C=O) groups is 1. The van der Waals surface area contributed by atoms with Gasteiger partial charge < -0.3 is 15.4 Å². The summed E-state index contributed by atoms with van der Waals surface area (Å²) in [6.07, 6.45) is 0. The number of rotatable bonds is 3. The monoisotopic (exact) mass is 282 g/mol. The summed E-state index contributed by atoms with van der Waals surface area (Å²) in [6, 6.07) is 15.0. The maximum atomic E-state index is 12.1. The summed E-state index contributed by atoms with van der Waals surface area (Å²) in [7, 11) is 1.62. The van der Waals surface area contributed by atoms with Gasteiger partial charge in [-0.2, -0.15) is 0 Å². The number of hydrogen-bond acceptors (Lipinski definition) is 3. The van der Waals surface area contributed by atoms with Crippen molar-refractivity contribution in [2.45, 2.75) is 19.0 Å². The van der Waals surface area contributed by atoms with Crippen LogP contribution in [0.2, 0.25) is 0 Å². The highest BCUT2D eigenvalue weighted by Gasteiger charge is 2.46. The molecule has 1 aliphatic heterocycles. The minimum atomic E-state index is -0.477. The van der Waals surface area contributed by atoms with Crippen LogP contribution in [0.5, 0.6) is 5.75 Å². The number of aryl methyl sites for hydroxylation is 1. The molecule has 1 amide bonds. The lowest BCUT2D eigenvalue weighted by molar-refractivity contribution is -0.126. The first-order chi connectivity index (χ1) is 10.1. The fraction of sp³-hybridized carbons (Fsp3) is 0.235. The van der Waals surface area contributed by atoms with Crippen LogP contribution in [0, 0.1) is 6.92 Å². The largest absolute Gasteiger partial charge is 0.497 e. The Hall–Kier alpha value is -2.33. The molecule has 1 aliphatic rings. The molecule has 0 unspecified atom stereocenters. The predicted octanol–water partition coefficient (Wildman–Crippen LogP) is 2.42. The molecule has 0 saturated carbocycles. The SMILES string of the molecule is COc1ccc(N2C(=O)[C@@H](N)[C@@H]2c2ccc(C)cc2)cc1. The van der Waals surface area contributed by atoms with Crippen LogP contribution < -0.4 is 15.4 Å². The minimum absolute atomic E-state index is 0.0502. The van der Waals surface area contributed by atoms with Gasteiger partial charge in [-0.15, -0.1) is 0 Å². The van der Waals surface area contributed by atoms with Gasteiger partial charge >= 0.3 is 0 Å². The second-order valence-corrected chi connectivity index (χ2v) is 5.29. The summed E-state index contributed by atoms with van der Waals surface area (Å²) < 4.78 is 5.15. The lowest BCUT2D eigenvalue weighted by atomic mass is 9.88. The van der Waals surface area contributed by atoms with Gasteiger partial charge in [-0.3, -0.25) is 4.79 Å². The number of carbonyl (C=O) groups excluding carboxylic acids is 1. The summed E-state index contributed by atoms with van der Waals surface area (Å²) in [6.45, 7) is 2.04. The maximum absolute atomic E-state index is 12.1. The zero-order valence-corrected chi connectivity index (χ0v) is 12.1. The molecule has 108 valence electrons. The number of hydrogen-bond donors (Lipinski definition) is 1. The van der Waals surface area contributed by atoms with Crippen LogP contribution in [0.25, 0.3) is 0 Å². The molecule has 1 saturated heterocycles. The topological polar surface area (TPSA) is 55.6 Å². The number of anilines is 1. The van der Waals surface area contributed by atoms with E-state index in [-0.39, 0.29) is 11.9 Å². The summed E-state index contributed by atoms with van der Waals surface area (Å²) >= 11 is 0. The van der Waals surface area contributed by atoms with Crippen molar-refractivity contribution in [2.75, 3.05) is 12.0 Å². The van der Waals surface area contributed by atoms with E-state index in [0.717, 1.165) is 17.0 Å². The van der Waals surface area contributed by atoms with Crippen molar-refractivity contribution in [3.8, 4) is 5.75 Å². The molecule has 0 radical (unpaired) electrons. The Morgan fingerprint density at radius 3 is 2.24 bits per heavy atom. The lowest BCUT2D eigenvalue weighted by Crippen LogP contribution is -2.63. The Morgan fingerprint density at radius 1 is 1.05 bits per heavy atom. The van der Waals surface area contributed by atoms with Crippen molar-refractivity contribution in [3.63, 3.8) is 0 Å². The molecule has 0 aliphatic carbocycles. The van der Waals surface area contributed by atoms with Gasteiger partial charge in [0.05, 0.1) is 13.2 Å². The zero-order valence-electron chi connectivity index (χ0n) is 12.1. The van der Waals surface area contributed by atoms with Crippen LogP contribution in [0.4, 0.5) is 5.69 Å².